The summed E-state index contributed by atoms with van der Waals surface area (Å²) in [4.78, 5) is 34.7. The number of amides is 3. The van der Waals surface area contributed by atoms with E-state index in [-0.39, 0.29) is 23.9 Å². The molecule has 1 aromatic rings. The number of urea groups is 1. The van der Waals surface area contributed by atoms with Crippen LogP contribution in [-0.4, -0.2) is 45.5 Å². The molecule has 0 saturated carbocycles. The van der Waals surface area contributed by atoms with Gasteiger partial charge in [0, 0.05) is 12.6 Å². The van der Waals surface area contributed by atoms with E-state index < -0.39 is 34.5 Å². The van der Waals surface area contributed by atoms with Crippen molar-refractivity contribution < 1.29 is 27.5 Å². The largest absolute Gasteiger partial charge is 0.456 e. The number of ether oxygens (including phenoxy) is 1. The minimum absolute atomic E-state index is 0.145. The molecule has 1 aliphatic rings. The van der Waals surface area contributed by atoms with Crippen molar-refractivity contribution in [3.8, 4) is 0 Å². The predicted octanol–water partition coefficient (Wildman–Crippen LogP) is 1.01. The van der Waals surface area contributed by atoms with Crippen LogP contribution in [0.4, 0.5) is 4.79 Å². The zero-order chi connectivity index (χ0) is 21.4. The van der Waals surface area contributed by atoms with Crippen molar-refractivity contribution in [1.82, 2.24) is 15.4 Å². The molecule has 0 unspecified atom stereocenters. The van der Waals surface area contributed by atoms with Crippen LogP contribution in [0.25, 0.3) is 0 Å². The molecular weight excluding hydrogens is 398 g/mol. The zero-order valence-electron chi connectivity index (χ0n) is 16.6. The van der Waals surface area contributed by atoms with Gasteiger partial charge in [-0.05, 0) is 62.8 Å². The van der Waals surface area contributed by atoms with E-state index in [2.05, 4.69) is 10.0 Å². The molecule has 9 nitrogen and oxygen atoms in total. The third kappa shape index (κ3) is 7.47. The number of fused-ring (bicyclic) bond motifs is 1. The number of rotatable bonds is 8. The lowest BCUT2D eigenvalue weighted by Gasteiger charge is -2.16. The smallest absolute Gasteiger partial charge is 0.321 e. The van der Waals surface area contributed by atoms with Crippen molar-refractivity contribution in [3.05, 3.63) is 29.3 Å². The minimum atomic E-state index is -3.74. The topological polar surface area (TPSA) is 131 Å². The molecule has 0 saturated heterocycles. The summed E-state index contributed by atoms with van der Waals surface area (Å²) < 4.78 is 31.9. The van der Waals surface area contributed by atoms with Crippen LogP contribution in [0.15, 0.2) is 23.1 Å². The lowest BCUT2D eigenvalue weighted by atomic mass is 9.92. The van der Waals surface area contributed by atoms with Gasteiger partial charge in [0.2, 0.25) is 10.0 Å². The molecule has 160 valence electrons. The van der Waals surface area contributed by atoms with Crippen molar-refractivity contribution in [3.63, 3.8) is 0 Å². The Labute approximate surface area is 170 Å². The molecule has 1 aliphatic carbocycles. The first kappa shape index (κ1) is 22.8. The number of nitrogens with one attached hydrogen (secondary N) is 3. The van der Waals surface area contributed by atoms with Crippen LogP contribution in [0.5, 0.6) is 0 Å². The quantitative estimate of drug-likeness (QED) is 0.533. The van der Waals surface area contributed by atoms with Gasteiger partial charge in [0.25, 0.3) is 5.91 Å². The maximum Gasteiger partial charge on any atom is 0.321 e. The highest BCUT2D eigenvalue weighted by Crippen LogP contribution is 2.23. The van der Waals surface area contributed by atoms with Crippen LogP contribution in [0.3, 0.4) is 0 Å². The Kier molecular flexibility index (Phi) is 8.15. The first-order valence-electron chi connectivity index (χ1n) is 9.55. The normalized spacial score (nSPS) is 13.5. The Hall–Kier alpha value is -2.46. The molecule has 0 radical (unpaired) electrons. The SMILES string of the molecule is CC(C)NC(=O)NC(=O)COC(=O)CCNS(=O)(=O)c1ccc2c(c1)CCCC2. The Bertz CT molecular complexity index is 867. The number of aryl methyl sites for hydroxylation is 2. The summed E-state index contributed by atoms with van der Waals surface area (Å²) in [5.41, 5.74) is 2.23. The fraction of sp³-hybridized carbons (Fsp3) is 0.526. The average Bonchev–Trinajstić information content (AvgIpc) is 2.65. The van der Waals surface area contributed by atoms with Crippen LogP contribution < -0.4 is 15.4 Å². The summed E-state index contributed by atoms with van der Waals surface area (Å²) in [6.07, 6.45) is 3.74. The van der Waals surface area contributed by atoms with Gasteiger partial charge in [0.15, 0.2) is 6.61 Å². The highest BCUT2D eigenvalue weighted by Gasteiger charge is 2.18. The first-order valence-corrected chi connectivity index (χ1v) is 11.0. The van der Waals surface area contributed by atoms with E-state index in [0.29, 0.717) is 0 Å². The fourth-order valence-corrected chi connectivity index (χ4v) is 4.01. The van der Waals surface area contributed by atoms with Gasteiger partial charge in [0.1, 0.15) is 0 Å². The van der Waals surface area contributed by atoms with Gasteiger partial charge in [-0.25, -0.2) is 17.9 Å². The third-order valence-electron chi connectivity index (χ3n) is 4.29. The number of esters is 1. The second-order valence-corrected chi connectivity index (χ2v) is 8.89. The number of sulfonamides is 1. The van der Waals surface area contributed by atoms with Gasteiger partial charge in [-0.2, -0.15) is 0 Å². The molecule has 29 heavy (non-hydrogen) atoms. The van der Waals surface area contributed by atoms with Crippen LogP contribution >= 0.6 is 0 Å². The summed E-state index contributed by atoms with van der Waals surface area (Å²) in [6.45, 7) is 2.68. The Morgan fingerprint density at radius 2 is 1.79 bits per heavy atom. The van der Waals surface area contributed by atoms with Gasteiger partial charge in [0.05, 0.1) is 11.3 Å². The van der Waals surface area contributed by atoms with Gasteiger partial charge < -0.3 is 10.1 Å². The fourth-order valence-electron chi connectivity index (χ4n) is 2.93. The predicted molar refractivity (Wildman–Crippen MR) is 106 cm³/mol. The average molecular weight is 426 g/mol. The van der Waals surface area contributed by atoms with Crippen molar-refractivity contribution >= 4 is 27.9 Å². The summed E-state index contributed by atoms with van der Waals surface area (Å²) in [7, 11) is -3.74. The van der Waals surface area contributed by atoms with E-state index in [1.807, 2.05) is 11.4 Å². The number of hydrogen-bond donors (Lipinski definition) is 3. The standard InChI is InChI=1S/C19H27N3O6S/c1-13(2)21-19(25)22-17(23)12-28-18(24)9-10-20-29(26,27)16-8-7-14-5-3-4-6-15(14)11-16/h7-8,11,13,20H,3-6,9-10,12H2,1-2H3,(H2,21,22,23,25). The number of hydrogen-bond acceptors (Lipinski definition) is 6. The first-order chi connectivity index (χ1) is 13.7. The zero-order valence-corrected chi connectivity index (χ0v) is 17.4. The number of carbonyl (C=O) groups excluding carboxylic acids is 3. The molecule has 2 rings (SSSR count). The third-order valence-corrected chi connectivity index (χ3v) is 5.75. The molecule has 0 spiro atoms. The van der Waals surface area contributed by atoms with Crippen LogP contribution in [0.1, 0.15) is 44.2 Å². The van der Waals surface area contributed by atoms with E-state index in [9.17, 15) is 22.8 Å². The summed E-state index contributed by atoms with van der Waals surface area (Å²) in [6, 6.07) is 4.26. The summed E-state index contributed by atoms with van der Waals surface area (Å²) in [5, 5.41) is 4.47. The van der Waals surface area contributed by atoms with Crippen molar-refractivity contribution in [1.29, 1.82) is 0 Å². The van der Waals surface area contributed by atoms with Gasteiger partial charge >= 0.3 is 12.0 Å². The van der Waals surface area contributed by atoms with E-state index in [4.69, 9.17) is 4.74 Å². The van der Waals surface area contributed by atoms with Crippen LogP contribution in [-0.2, 0) is 37.2 Å². The number of carbonyl (C=O) groups is 3. The van der Waals surface area contributed by atoms with E-state index in [1.165, 1.54) is 5.56 Å². The Morgan fingerprint density at radius 3 is 2.48 bits per heavy atom. The van der Waals surface area contributed by atoms with Gasteiger partial charge in [-0.1, -0.05) is 6.07 Å². The second kappa shape index (κ2) is 10.4. The molecule has 1 aromatic carbocycles. The minimum Gasteiger partial charge on any atom is -0.456 e. The maximum atomic E-state index is 12.4. The van der Waals surface area contributed by atoms with Crippen molar-refractivity contribution in [2.45, 2.75) is 56.9 Å². The van der Waals surface area contributed by atoms with E-state index >= 15 is 0 Å². The van der Waals surface area contributed by atoms with E-state index in [0.717, 1.165) is 31.2 Å². The number of benzene rings is 1. The highest BCUT2D eigenvalue weighted by molar-refractivity contribution is 7.89. The van der Waals surface area contributed by atoms with E-state index in [1.54, 1.807) is 26.0 Å². The molecule has 0 heterocycles. The molecule has 0 bridgehead atoms. The lowest BCUT2D eigenvalue weighted by Crippen LogP contribution is -2.44. The molecular formula is C19H27N3O6S. The molecule has 10 heteroatoms. The highest BCUT2D eigenvalue weighted by atomic mass is 32.2. The molecule has 0 aliphatic heterocycles. The lowest BCUT2D eigenvalue weighted by molar-refractivity contribution is -0.148. The Morgan fingerprint density at radius 1 is 1.10 bits per heavy atom. The Balaban J connectivity index is 1.75. The van der Waals surface area contributed by atoms with Crippen LogP contribution in [0.2, 0.25) is 0 Å². The van der Waals surface area contributed by atoms with Gasteiger partial charge in [-0.3, -0.25) is 14.9 Å². The number of imide groups is 1. The van der Waals surface area contributed by atoms with Crippen molar-refractivity contribution in [2.75, 3.05) is 13.2 Å². The monoisotopic (exact) mass is 425 g/mol. The molecule has 0 aromatic heterocycles. The van der Waals surface area contributed by atoms with Crippen LogP contribution in [0, 0.1) is 0 Å². The van der Waals surface area contributed by atoms with Gasteiger partial charge in [-0.15, -0.1) is 0 Å². The molecule has 3 amide bonds. The molecule has 3 N–H and O–H groups in total. The van der Waals surface area contributed by atoms with Crippen molar-refractivity contribution in [2.24, 2.45) is 0 Å². The second-order valence-electron chi connectivity index (χ2n) is 7.12. The molecule has 0 atom stereocenters. The summed E-state index contributed by atoms with van der Waals surface area (Å²) in [5.74, 6) is -1.52. The maximum absolute atomic E-state index is 12.4. The molecule has 0 fully saturated rings. The summed E-state index contributed by atoms with van der Waals surface area (Å²) >= 11 is 0.